The molecule has 0 aromatic heterocycles. The second-order valence-electron chi connectivity index (χ2n) is 24.3. The van der Waals surface area contributed by atoms with Gasteiger partial charge >= 0.3 is 11.9 Å². The zero-order valence-corrected chi connectivity index (χ0v) is 53.0. The number of hydrogen-bond donors (Lipinski definition) is 1. The first kappa shape index (κ1) is 76.1. The van der Waals surface area contributed by atoms with Crippen molar-refractivity contribution in [3.8, 4) is 0 Å². The number of esters is 2. The van der Waals surface area contributed by atoms with Gasteiger partial charge in [-0.15, -0.1) is 0 Å². The molecule has 0 saturated heterocycles. The second kappa shape index (κ2) is 69.4. The molecule has 0 rings (SSSR count). The average molecular weight is 1100 g/mol. The van der Waals surface area contributed by atoms with Gasteiger partial charge in [-0.05, 0) is 70.6 Å². The van der Waals surface area contributed by atoms with Crippen LogP contribution in [0.1, 0.15) is 399 Å². The summed E-state index contributed by atoms with van der Waals surface area (Å²) in [4.78, 5) is 24.7. The van der Waals surface area contributed by atoms with Gasteiger partial charge in [0.15, 0.2) is 6.10 Å². The van der Waals surface area contributed by atoms with Crippen LogP contribution in [0.5, 0.6) is 0 Å². The first-order chi connectivity index (χ1) is 38.6. The van der Waals surface area contributed by atoms with Crippen LogP contribution in [0.25, 0.3) is 0 Å². The zero-order valence-electron chi connectivity index (χ0n) is 53.0. The molecule has 0 bridgehead atoms. The Morgan fingerprint density at radius 3 is 0.769 bits per heavy atom. The molecular formula is C73H138O5. The third-order valence-electron chi connectivity index (χ3n) is 16.4. The lowest BCUT2D eigenvalue weighted by atomic mass is 10.0. The van der Waals surface area contributed by atoms with Gasteiger partial charge in [0.25, 0.3) is 0 Å². The van der Waals surface area contributed by atoms with Crippen molar-refractivity contribution in [1.82, 2.24) is 0 Å². The first-order valence-electron chi connectivity index (χ1n) is 35.5. The minimum Gasteiger partial charge on any atom is -0.462 e. The Balaban J connectivity index is 3.38. The van der Waals surface area contributed by atoms with E-state index in [-0.39, 0.29) is 25.2 Å². The Kier molecular flexibility index (Phi) is 67.7. The molecule has 0 aromatic carbocycles. The fourth-order valence-electron chi connectivity index (χ4n) is 11.1. The van der Waals surface area contributed by atoms with Crippen LogP contribution in [0.15, 0.2) is 36.5 Å². The third-order valence-corrected chi connectivity index (χ3v) is 16.4. The summed E-state index contributed by atoms with van der Waals surface area (Å²) in [6, 6.07) is 0. The van der Waals surface area contributed by atoms with E-state index in [2.05, 4.69) is 50.3 Å². The molecule has 0 saturated carbocycles. The summed E-state index contributed by atoms with van der Waals surface area (Å²) in [5.41, 5.74) is 0. The van der Waals surface area contributed by atoms with Crippen molar-refractivity contribution in [1.29, 1.82) is 0 Å². The van der Waals surface area contributed by atoms with Gasteiger partial charge in [0.2, 0.25) is 0 Å². The number of hydrogen-bond acceptors (Lipinski definition) is 5. The standard InChI is InChI=1S/C73H138O5/c1-3-5-7-9-11-13-15-17-19-21-23-25-27-29-31-33-35-36-38-40-42-44-46-48-50-52-54-56-58-60-62-64-66-68-73(76)78-71(69-74)70-77-72(75)67-65-63-61-59-57-55-53-51-49-47-45-43-41-39-37-34-32-30-28-26-24-22-20-18-16-14-12-10-8-6-4-2/h15,17,21-24,71,74H,3-14,16,18-20,25-70H2,1-2H3/b17-15-,23-21-,24-22-. The molecule has 0 aliphatic carbocycles. The van der Waals surface area contributed by atoms with Crippen LogP contribution in [-0.2, 0) is 19.1 Å². The Morgan fingerprint density at radius 1 is 0.295 bits per heavy atom. The van der Waals surface area contributed by atoms with E-state index in [1.807, 2.05) is 0 Å². The lowest BCUT2D eigenvalue weighted by Crippen LogP contribution is -2.28. The molecule has 460 valence electrons. The number of ether oxygens (including phenoxy) is 2. The lowest BCUT2D eigenvalue weighted by Gasteiger charge is -2.15. The van der Waals surface area contributed by atoms with Gasteiger partial charge in [-0.25, -0.2) is 0 Å². The molecule has 0 spiro atoms. The van der Waals surface area contributed by atoms with E-state index in [9.17, 15) is 14.7 Å². The van der Waals surface area contributed by atoms with E-state index in [1.165, 1.54) is 334 Å². The number of aliphatic hydroxyl groups is 1. The molecule has 5 nitrogen and oxygen atoms in total. The minimum absolute atomic E-state index is 0.0590. The Hall–Kier alpha value is -1.88. The number of allylic oxidation sites excluding steroid dienone is 6. The highest BCUT2D eigenvalue weighted by Gasteiger charge is 2.16. The van der Waals surface area contributed by atoms with Crippen molar-refractivity contribution in [3.05, 3.63) is 36.5 Å². The molecule has 1 atom stereocenters. The highest BCUT2D eigenvalue weighted by atomic mass is 16.6. The molecule has 0 aliphatic heterocycles. The monoisotopic (exact) mass is 1100 g/mol. The Morgan fingerprint density at radius 2 is 0.513 bits per heavy atom. The van der Waals surface area contributed by atoms with Crippen LogP contribution in [0.2, 0.25) is 0 Å². The fourth-order valence-corrected chi connectivity index (χ4v) is 11.1. The number of rotatable bonds is 67. The molecule has 5 heteroatoms. The molecule has 0 aromatic rings. The predicted octanol–water partition coefficient (Wildman–Crippen LogP) is 24.5. The summed E-state index contributed by atoms with van der Waals surface area (Å²) in [5.74, 6) is -0.565. The van der Waals surface area contributed by atoms with E-state index in [4.69, 9.17) is 9.47 Å². The average Bonchev–Trinajstić information content (AvgIpc) is 3.44. The van der Waals surface area contributed by atoms with E-state index < -0.39 is 6.10 Å². The molecule has 78 heavy (non-hydrogen) atoms. The Bertz CT molecular complexity index is 1240. The van der Waals surface area contributed by atoms with Crippen LogP contribution < -0.4 is 0 Å². The molecule has 0 heterocycles. The molecule has 0 radical (unpaired) electrons. The number of carbonyl (C=O) groups is 2. The van der Waals surface area contributed by atoms with Crippen LogP contribution in [0.4, 0.5) is 0 Å². The van der Waals surface area contributed by atoms with Crippen LogP contribution in [-0.4, -0.2) is 36.4 Å². The van der Waals surface area contributed by atoms with Crippen molar-refractivity contribution in [2.75, 3.05) is 13.2 Å². The van der Waals surface area contributed by atoms with Crippen LogP contribution in [0, 0.1) is 0 Å². The van der Waals surface area contributed by atoms with Gasteiger partial charge in [0.1, 0.15) is 6.61 Å². The van der Waals surface area contributed by atoms with Gasteiger partial charge in [0.05, 0.1) is 6.61 Å². The van der Waals surface area contributed by atoms with Gasteiger partial charge in [-0.2, -0.15) is 0 Å². The summed E-state index contributed by atoms with van der Waals surface area (Å²) in [7, 11) is 0. The summed E-state index contributed by atoms with van der Waals surface area (Å²) in [6.07, 6.45) is 91.9. The first-order valence-corrected chi connectivity index (χ1v) is 35.5. The van der Waals surface area contributed by atoms with Crippen molar-refractivity contribution in [3.63, 3.8) is 0 Å². The van der Waals surface area contributed by atoms with E-state index in [0.717, 1.165) is 38.5 Å². The lowest BCUT2D eigenvalue weighted by molar-refractivity contribution is -0.161. The molecule has 0 amide bonds. The smallest absolute Gasteiger partial charge is 0.306 e. The maximum absolute atomic E-state index is 12.4. The highest BCUT2D eigenvalue weighted by molar-refractivity contribution is 5.70. The number of aliphatic hydroxyl groups excluding tert-OH is 1. The summed E-state index contributed by atoms with van der Waals surface area (Å²) >= 11 is 0. The normalized spacial score (nSPS) is 12.3. The predicted molar refractivity (Wildman–Crippen MR) is 344 cm³/mol. The number of unbranched alkanes of at least 4 members (excludes halogenated alkanes) is 53. The van der Waals surface area contributed by atoms with Gasteiger partial charge < -0.3 is 14.6 Å². The highest BCUT2D eigenvalue weighted by Crippen LogP contribution is 2.19. The fraction of sp³-hybridized carbons (Fsp3) is 0.890. The Labute approximate surface area is 488 Å². The largest absolute Gasteiger partial charge is 0.462 e. The zero-order chi connectivity index (χ0) is 56.2. The summed E-state index contributed by atoms with van der Waals surface area (Å²) < 4.78 is 10.8. The van der Waals surface area contributed by atoms with Crippen LogP contribution in [0.3, 0.4) is 0 Å². The van der Waals surface area contributed by atoms with Gasteiger partial charge in [0, 0.05) is 12.8 Å². The van der Waals surface area contributed by atoms with E-state index >= 15 is 0 Å². The maximum atomic E-state index is 12.4. The topological polar surface area (TPSA) is 72.8 Å². The van der Waals surface area contributed by atoms with Gasteiger partial charge in [-0.1, -0.05) is 352 Å². The van der Waals surface area contributed by atoms with E-state index in [0.29, 0.717) is 12.8 Å². The van der Waals surface area contributed by atoms with E-state index in [1.54, 1.807) is 0 Å². The third kappa shape index (κ3) is 66.6. The minimum atomic E-state index is -0.770. The van der Waals surface area contributed by atoms with Crippen LogP contribution >= 0.6 is 0 Å². The van der Waals surface area contributed by atoms with Gasteiger partial charge in [-0.3, -0.25) is 9.59 Å². The summed E-state index contributed by atoms with van der Waals surface area (Å²) in [6.45, 7) is 4.19. The molecule has 0 fully saturated rings. The van der Waals surface area contributed by atoms with Crippen molar-refractivity contribution in [2.24, 2.45) is 0 Å². The van der Waals surface area contributed by atoms with Crippen molar-refractivity contribution < 1.29 is 24.2 Å². The molecular weight excluding hydrogens is 957 g/mol. The quantitative estimate of drug-likeness (QED) is 0.0373. The molecule has 1 N–H and O–H groups in total. The SMILES string of the molecule is CCCCCCC/C=C\C/C=C\CCCCCCCCCCCCCCCCCCCCCCCC(=O)OC(CO)COC(=O)CCCCCCCCCCCCCCCCCCCCC/C=C\CCCCCCCCCC. The molecule has 0 aliphatic rings. The van der Waals surface area contributed by atoms with Crippen molar-refractivity contribution >= 4 is 11.9 Å². The number of carbonyl (C=O) groups excluding carboxylic acids is 2. The molecule has 1 unspecified atom stereocenters. The van der Waals surface area contributed by atoms with Crippen molar-refractivity contribution in [2.45, 2.75) is 405 Å². The summed E-state index contributed by atoms with van der Waals surface area (Å²) in [5, 5.41) is 9.70. The second-order valence-corrected chi connectivity index (χ2v) is 24.3. The maximum Gasteiger partial charge on any atom is 0.306 e.